The lowest BCUT2D eigenvalue weighted by atomic mass is 9.98. The predicted octanol–water partition coefficient (Wildman–Crippen LogP) is 4.76. The molecule has 0 bridgehead atoms. The molecule has 0 fully saturated rings. The number of imidazole rings is 1. The number of amides is 1. The van der Waals surface area contributed by atoms with Crippen molar-refractivity contribution in [3.63, 3.8) is 0 Å². The first-order valence-corrected chi connectivity index (χ1v) is 10.8. The van der Waals surface area contributed by atoms with Crippen molar-refractivity contribution >= 4 is 33.6 Å². The maximum Gasteiger partial charge on any atom is 0.408 e. The summed E-state index contributed by atoms with van der Waals surface area (Å²) in [4.78, 5) is 28.7. The molecule has 1 atom stereocenters. The molecule has 0 saturated heterocycles. The second-order valence-electron chi connectivity index (χ2n) is 7.50. The van der Waals surface area contributed by atoms with Crippen molar-refractivity contribution in [2.24, 2.45) is 0 Å². The van der Waals surface area contributed by atoms with E-state index in [0.29, 0.717) is 11.3 Å². The number of nitrogens with zero attached hydrogens (tertiary/aromatic N) is 2. The molecule has 1 amide bonds. The van der Waals surface area contributed by atoms with E-state index in [1.165, 1.54) is 6.20 Å². The zero-order chi connectivity index (χ0) is 22.2. The number of carbonyl (C=O) groups excluding carboxylic acids is 1. The minimum absolute atomic E-state index is 0.102. The summed E-state index contributed by atoms with van der Waals surface area (Å²) in [6, 6.07) is 18.3. The molecule has 2 aromatic heterocycles. The van der Waals surface area contributed by atoms with E-state index < -0.39 is 18.1 Å². The van der Waals surface area contributed by atoms with Crippen molar-refractivity contribution in [3.8, 4) is 11.1 Å². The minimum Gasteiger partial charge on any atom is -0.479 e. The monoisotopic (exact) mass is 491 g/mol. The molecular formula is C24H18BrN3O4. The summed E-state index contributed by atoms with van der Waals surface area (Å²) in [7, 11) is 0. The van der Waals surface area contributed by atoms with Gasteiger partial charge in [-0.2, -0.15) is 0 Å². The third-order valence-electron chi connectivity index (χ3n) is 5.65. The highest BCUT2D eigenvalue weighted by molar-refractivity contribution is 9.10. The van der Waals surface area contributed by atoms with Crippen molar-refractivity contribution in [1.29, 1.82) is 0 Å². The number of rotatable bonds is 5. The number of carboxylic acids is 1. The molecule has 0 aliphatic heterocycles. The smallest absolute Gasteiger partial charge is 0.408 e. The molecular weight excluding hydrogens is 474 g/mol. The van der Waals surface area contributed by atoms with E-state index in [9.17, 15) is 14.7 Å². The van der Waals surface area contributed by atoms with Crippen LogP contribution in [0.15, 0.2) is 77.5 Å². The van der Waals surface area contributed by atoms with E-state index >= 15 is 0 Å². The molecule has 0 radical (unpaired) electrons. The molecule has 0 spiro atoms. The average Bonchev–Trinajstić information content (AvgIpc) is 3.34. The van der Waals surface area contributed by atoms with E-state index in [1.807, 2.05) is 36.4 Å². The number of halogens is 1. The normalized spacial score (nSPS) is 13.4. The van der Waals surface area contributed by atoms with Crippen LogP contribution >= 0.6 is 15.9 Å². The van der Waals surface area contributed by atoms with E-state index in [2.05, 4.69) is 38.4 Å². The Morgan fingerprint density at radius 3 is 2.38 bits per heavy atom. The molecule has 5 rings (SSSR count). The van der Waals surface area contributed by atoms with Crippen LogP contribution in [0.3, 0.4) is 0 Å². The van der Waals surface area contributed by atoms with Crippen LogP contribution < -0.4 is 5.32 Å². The van der Waals surface area contributed by atoms with Gasteiger partial charge in [-0.05, 0) is 50.3 Å². The van der Waals surface area contributed by atoms with Crippen LogP contribution in [0.2, 0.25) is 0 Å². The minimum atomic E-state index is -1.31. The van der Waals surface area contributed by atoms with Crippen LogP contribution in [0.4, 0.5) is 4.79 Å². The zero-order valence-electron chi connectivity index (χ0n) is 16.7. The third-order valence-corrected chi connectivity index (χ3v) is 6.12. The van der Waals surface area contributed by atoms with Crippen LogP contribution in [-0.2, 0) is 9.53 Å². The summed E-state index contributed by atoms with van der Waals surface area (Å²) < 4.78 is 7.88. The number of hydrogen-bond donors (Lipinski definition) is 2. The molecule has 7 nitrogen and oxygen atoms in total. The number of carbonyl (C=O) groups is 2. The Labute approximate surface area is 191 Å². The Kier molecular flexibility index (Phi) is 5.14. The average molecular weight is 492 g/mol. The highest BCUT2D eigenvalue weighted by Crippen LogP contribution is 2.44. The number of nitrogens with one attached hydrogen (secondary N) is 1. The maximum absolute atomic E-state index is 12.6. The van der Waals surface area contributed by atoms with Gasteiger partial charge >= 0.3 is 12.1 Å². The molecule has 2 N–H and O–H groups in total. The first-order valence-electron chi connectivity index (χ1n) is 10.00. The number of aromatic nitrogens is 2. The Bertz CT molecular complexity index is 1300. The van der Waals surface area contributed by atoms with Crippen LogP contribution in [0.25, 0.3) is 16.8 Å². The summed E-state index contributed by atoms with van der Waals surface area (Å²) in [6.45, 7) is 0.102. The van der Waals surface area contributed by atoms with Crippen molar-refractivity contribution < 1.29 is 19.4 Å². The van der Waals surface area contributed by atoms with Gasteiger partial charge in [-0.1, -0.05) is 48.5 Å². The molecule has 32 heavy (non-hydrogen) atoms. The number of ether oxygens (including phenoxy) is 1. The fourth-order valence-electron chi connectivity index (χ4n) is 4.21. The number of benzene rings is 2. The standard InChI is InChI=1S/C24H18BrN3O4/c25-14-9-10-21-26-11-20(28(21)12-14)22(23(29)30)27-24(31)32-13-19-17-7-3-1-5-15(17)16-6-2-4-8-18(16)19/h1-12,19,22H,13H2,(H,27,31)(H,29,30). The highest BCUT2D eigenvalue weighted by atomic mass is 79.9. The van der Waals surface area contributed by atoms with Gasteiger partial charge in [0, 0.05) is 16.6 Å². The topological polar surface area (TPSA) is 92.9 Å². The Morgan fingerprint density at radius 2 is 1.72 bits per heavy atom. The number of carboxylic acid groups (broad SMARTS) is 1. The number of fused-ring (bicyclic) bond motifs is 4. The summed E-state index contributed by atoms with van der Waals surface area (Å²) >= 11 is 3.37. The molecule has 1 unspecified atom stereocenters. The van der Waals surface area contributed by atoms with Crippen molar-refractivity contribution in [3.05, 3.63) is 94.4 Å². The van der Waals surface area contributed by atoms with Gasteiger partial charge in [-0.25, -0.2) is 14.6 Å². The lowest BCUT2D eigenvalue weighted by Gasteiger charge is -2.17. The van der Waals surface area contributed by atoms with Gasteiger partial charge in [0.1, 0.15) is 12.3 Å². The summed E-state index contributed by atoms with van der Waals surface area (Å²) in [5, 5.41) is 12.2. The molecule has 160 valence electrons. The molecule has 1 aliphatic carbocycles. The van der Waals surface area contributed by atoms with Crippen molar-refractivity contribution in [1.82, 2.24) is 14.7 Å². The fourth-order valence-corrected chi connectivity index (χ4v) is 4.54. The number of aliphatic carboxylic acids is 1. The Morgan fingerprint density at radius 1 is 1.06 bits per heavy atom. The molecule has 2 heterocycles. The number of pyridine rings is 1. The van der Waals surface area contributed by atoms with E-state index in [-0.39, 0.29) is 12.5 Å². The van der Waals surface area contributed by atoms with E-state index in [4.69, 9.17) is 4.74 Å². The van der Waals surface area contributed by atoms with Gasteiger partial charge < -0.3 is 19.6 Å². The maximum atomic E-state index is 12.6. The van der Waals surface area contributed by atoms with Gasteiger partial charge in [-0.3, -0.25) is 0 Å². The highest BCUT2D eigenvalue weighted by Gasteiger charge is 2.30. The molecule has 1 aliphatic rings. The summed E-state index contributed by atoms with van der Waals surface area (Å²) in [5.74, 6) is -1.32. The van der Waals surface area contributed by atoms with Gasteiger partial charge in [0.25, 0.3) is 0 Å². The van der Waals surface area contributed by atoms with Crippen LogP contribution in [0, 0.1) is 0 Å². The number of hydrogen-bond acceptors (Lipinski definition) is 4. The summed E-state index contributed by atoms with van der Waals surface area (Å²) in [6.07, 6.45) is 2.33. The Balaban J connectivity index is 1.35. The lowest BCUT2D eigenvalue weighted by Crippen LogP contribution is -2.35. The lowest BCUT2D eigenvalue weighted by molar-refractivity contribution is -0.139. The van der Waals surface area contributed by atoms with Gasteiger partial charge in [-0.15, -0.1) is 0 Å². The first kappa shape index (κ1) is 20.3. The molecule has 0 saturated carbocycles. The van der Waals surface area contributed by atoms with Crippen LogP contribution in [-0.4, -0.2) is 33.2 Å². The van der Waals surface area contributed by atoms with E-state index in [0.717, 1.165) is 26.7 Å². The Hall–Kier alpha value is -3.65. The number of alkyl carbamates (subject to hydrolysis) is 1. The van der Waals surface area contributed by atoms with Crippen molar-refractivity contribution in [2.75, 3.05) is 6.61 Å². The summed E-state index contributed by atoms with van der Waals surface area (Å²) in [5.41, 5.74) is 5.31. The fraction of sp³-hybridized carbons (Fsp3) is 0.125. The molecule has 8 heteroatoms. The predicted molar refractivity (Wildman–Crippen MR) is 121 cm³/mol. The van der Waals surface area contributed by atoms with Crippen LogP contribution in [0.1, 0.15) is 28.8 Å². The van der Waals surface area contributed by atoms with Crippen LogP contribution in [0.5, 0.6) is 0 Å². The molecule has 2 aromatic carbocycles. The second-order valence-corrected chi connectivity index (χ2v) is 8.42. The largest absolute Gasteiger partial charge is 0.479 e. The third kappa shape index (κ3) is 3.52. The van der Waals surface area contributed by atoms with Crippen molar-refractivity contribution in [2.45, 2.75) is 12.0 Å². The SMILES string of the molecule is O=C(NC(C(=O)O)c1cnc2ccc(Br)cn12)OCC1c2ccccc2-c2ccccc21. The van der Waals surface area contributed by atoms with Gasteiger partial charge in [0.15, 0.2) is 6.04 Å². The quantitative estimate of drug-likeness (QED) is 0.419. The van der Waals surface area contributed by atoms with Gasteiger partial charge in [0.05, 0.1) is 11.9 Å². The van der Waals surface area contributed by atoms with E-state index in [1.54, 1.807) is 22.7 Å². The second kappa shape index (κ2) is 8.12. The first-order chi connectivity index (χ1) is 15.5. The zero-order valence-corrected chi connectivity index (χ0v) is 18.3. The molecule has 4 aromatic rings. The van der Waals surface area contributed by atoms with Gasteiger partial charge in [0.2, 0.25) is 0 Å².